The Kier molecular flexibility index (Phi) is 4.84. The lowest BCUT2D eigenvalue weighted by Gasteiger charge is -2.15. The van der Waals surface area contributed by atoms with Crippen LogP contribution in [-0.4, -0.2) is 0 Å². The lowest BCUT2D eigenvalue weighted by atomic mass is 10.0. The Morgan fingerprint density at radius 3 is 2.30 bits per heavy atom. The number of benzene rings is 2. The van der Waals surface area contributed by atoms with Crippen molar-refractivity contribution in [2.24, 2.45) is 5.73 Å². The third-order valence-electron chi connectivity index (χ3n) is 3.23. The van der Waals surface area contributed by atoms with E-state index in [1.165, 1.54) is 5.56 Å². The normalized spacial score (nSPS) is 12.5. The Morgan fingerprint density at radius 2 is 1.70 bits per heavy atom. The summed E-state index contributed by atoms with van der Waals surface area (Å²) in [6.45, 7) is 6.29. The van der Waals surface area contributed by atoms with E-state index in [1.54, 1.807) is 0 Å². The Bertz CT molecular complexity index is 593. The zero-order chi connectivity index (χ0) is 14.7. The molecule has 106 valence electrons. The molecule has 0 radical (unpaired) electrons. The van der Waals surface area contributed by atoms with Gasteiger partial charge >= 0.3 is 0 Å². The van der Waals surface area contributed by atoms with Crippen molar-refractivity contribution in [2.45, 2.75) is 32.7 Å². The summed E-state index contributed by atoms with van der Waals surface area (Å²) in [6, 6.07) is 14.1. The van der Waals surface area contributed by atoms with E-state index in [9.17, 15) is 0 Å². The van der Waals surface area contributed by atoms with Crippen molar-refractivity contribution in [1.82, 2.24) is 0 Å². The second-order valence-electron chi connectivity index (χ2n) is 5.27. The van der Waals surface area contributed by atoms with Gasteiger partial charge in [-0.25, -0.2) is 0 Å². The molecule has 0 spiro atoms. The van der Waals surface area contributed by atoms with E-state index in [0.29, 0.717) is 5.92 Å². The molecule has 0 aliphatic carbocycles. The van der Waals surface area contributed by atoms with Gasteiger partial charge < -0.3 is 10.5 Å². The third-order valence-corrected chi connectivity index (χ3v) is 3.92. The van der Waals surface area contributed by atoms with Gasteiger partial charge in [0, 0.05) is 10.5 Å². The monoisotopic (exact) mass is 333 g/mol. The minimum absolute atomic E-state index is 0.00127. The summed E-state index contributed by atoms with van der Waals surface area (Å²) >= 11 is 3.55. The van der Waals surface area contributed by atoms with Crippen LogP contribution < -0.4 is 10.5 Å². The zero-order valence-electron chi connectivity index (χ0n) is 12.1. The molecule has 0 aromatic heterocycles. The molecule has 2 nitrogen and oxygen atoms in total. The molecule has 0 bridgehead atoms. The molecular weight excluding hydrogens is 314 g/mol. The Balaban J connectivity index is 2.29. The van der Waals surface area contributed by atoms with Gasteiger partial charge in [0.05, 0.1) is 0 Å². The Hall–Kier alpha value is -1.32. The van der Waals surface area contributed by atoms with Crippen LogP contribution in [0.5, 0.6) is 11.5 Å². The van der Waals surface area contributed by atoms with Crippen LogP contribution in [0.4, 0.5) is 0 Å². The van der Waals surface area contributed by atoms with Crippen molar-refractivity contribution < 1.29 is 4.74 Å². The minimum atomic E-state index is 0.00127. The standard InChI is InChI=1S/C17H20BrNO/c1-11(2)14-6-4-5-7-17(14)20-13-8-9-15(12(3)19)16(18)10-13/h4-12H,19H2,1-3H3/t12-/m0/s1. The molecule has 2 N–H and O–H groups in total. The van der Waals surface area contributed by atoms with Crippen LogP contribution in [-0.2, 0) is 0 Å². The first-order valence-electron chi connectivity index (χ1n) is 6.81. The first-order chi connectivity index (χ1) is 9.49. The summed E-state index contributed by atoms with van der Waals surface area (Å²) < 4.78 is 6.99. The number of halogens is 1. The van der Waals surface area contributed by atoms with Gasteiger partial charge in [-0.05, 0) is 42.2 Å². The molecule has 0 saturated heterocycles. The maximum atomic E-state index is 6.02. The van der Waals surface area contributed by atoms with Gasteiger partial charge in [0.1, 0.15) is 11.5 Å². The summed E-state index contributed by atoms with van der Waals surface area (Å²) in [6.07, 6.45) is 0. The Labute approximate surface area is 129 Å². The van der Waals surface area contributed by atoms with Crippen LogP contribution in [0.3, 0.4) is 0 Å². The molecule has 3 heteroatoms. The lowest BCUT2D eigenvalue weighted by Crippen LogP contribution is -2.05. The highest BCUT2D eigenvalue weighted by atomic mass is 79.9. The van der Waals surface area contributed by atoms with Crippen molar-refractivity contribution in [3.63, 3.8) is 0 Å². The highest BCUT2D eigenvalue weighted by molar-refractivity contribution is 9.10. The number of para-hydroxylation sites is 1. The molecule has 0 aliphatic rings. The van der Waals surface area contributed by atoms with Crippen LogP contribution in [0.1, 0.15) is 43.9 Å². The van der Waals surface area contributed by atoms with E-state index >= 15 is 0 Å². The number of rotatable bonds is 4. The predicted octanol–water partition coefficient (Wildman–Crippen LogP) is 5.38. The quantitative estimate of drug-likeness (QED) is 0.814. The highest BCUT2D eigenvalue weighted by Crippen LogP contribution is 2.33. The fourth-order valence-corrected chi connectivity index (χ4v) is 2.84. The molecule has 0 amide bonds. The van der Waals surface area contributed by atoms with Crippen LogP contribution >= 0.6 is 15.9 Å². The van der Waals surface area contributed by atoms with E-state index in [0.717, 1.165) is 21.5 Å². The average molecular weight is 334 g/mol. The molecule has 0 unspecified atom stereocenters. The van der Waals surface area contributed by atoms with Crippen molar-refractivity contribution in [1.29, 1.82) is 0 Å². The van der Waals surface area contributed by atoms with E-state index in [1.807, 2.05) is 43.3 Å². The summed E-state index contributed by atoms with van der Waals surface area (Å²) in [5.41, 5.74) is 8.20. The van der Waals surface area contributed by atoms with Crippen molar-refractivity contribution in [3.8, 4) is 11.5 Å². The fraction of sp³-hybridized carbons (Fsp3) is 0.294. The number of nitrogens with two attached hydrogens (primary N) is 1. The van der Waals surface area contributed by atoms with Gasteiger partial charge in [-0.3, -0.25) is 0 Å². The van der Waals surface area contributed by atoms with Gasteiger partial charge in [0.15, 0.2) is 0 Å². The van der Waals surface area contributed by atoms with Gasteiger partial charge in [-0.1, -0.05) is 54.0 Å². The molecule has 0 heterocycles. The lowest BCUT2D eigenvalue weighted by molar-refractivity contribution is 0.472. The maximum absolute atomic E-state index is 6.02. The molecule has 20 heavy (non-hydrogen) atoms. The molecule has 2 aromatic carbocycles. The SMILES string of the molecule is CC(C)c1ccccc1Oc1ccc([C@H](C)N)c(Br)c1. The first kappa shape index (κ1) is 15.1. The number of hydrogen-bond donors (Lipinski definition) is 1. The van der Waals surface area contributed by atoms with Crippen LogP contribution in [0.25, 0.3) is 0 Å². The zero-order valence-corrected chi connectivity index (χ0v) is 13.6. The number of ether oxygens (including phenoxy) is 1. The van der Waals surface area contributed by atoms with Crippen LogP contribution in [0.15, 0.2) is 46.9 Å². The number of hydrogen-bond acceptors (Lipinski definition) is 2. The first-order valence-corrected chi connectivity index (χ1v) is 7.60. The average Bonchev–Trinajstić information content (AvgIpc) is 2.38. The van der Waals surface area contributed by atoms with Gasteiger partial charge in [-0.15, -0.1) is 0 Å². The van der Waals surface area contributed by atoms with Gasteiger partial charge in [0.2, 0.25) is 0 Å². The molecule has 2 aromatic rings. The van der Waals surface area contributed by atoms with Crippen LogP contribution in [0, 0.1) is 0 Å². The molecule has 2 rings (SSSR count). The predicted molar refractivity (Wildman–Crippen MR) is 87.3 cm³/mol. The summed E-state index contributed by atoms with van der Waals surface area (Å²) in [5, 5.41) is 0. The summed E-state index contributed by atoms with van der Waals surface area (Å²) in [4.78, 5) is 0. The maximum Gasteiger partial charge on any atom is 0.130 e. The van der Waals surface area contributed by atoms with E-state index in [4.69, 9.17) is 10.5 Å². The second-order valence-corrected chi connectivity index (χ2v) is 6.12. The van der Waals surface area contributed by atoms with Crippen molar-refractivity contribution in [2.75, 3.05) is 0 Å². The molecule has 0 aliphatic heterocycles. The molecule has 0 fully saturated rings. The van der Waals surface area contributed by atoms with Gasteiger partial charge in [-0.2, -0.15) is 0 Å². The third kappa shape index (κ3) is 3.41. The van der Waals surface area contributed by atoms with E-state index in [2.05, 4.69) is 35.8 Å². The second kappa shape index (κ2) is 6.42. The Morgan fingerprint density at radius 1 is 1.00 bits per heavy atom. The summed E-state index contributed by atoms with van der Waals surface area (Å²) in [5.74, 6) is 2.15. The van der Waals surface area contributed by atoms with Gasteiger partial charge in [0.25, 0.3) is 0 Å². The molecular formula is C17H20BrNO. The van der Waals surface area contributed by atoms with E-state index in [-0.39, 0.29) is 6.04 Å². The fourth-order valence-electron chi connectivity index (χ4n) is 2.12. The molecule has 0 saturated carbocycles. The molecule has 1 atom stereocenters. The smallest absolute Gasteiger partial charge is 0.130 e. The topological polar surface area (TPSA) is 35.2 Å². The van der Waals surface area contributed by atoms with E-state index < -0.39 is 0 Å². The highest BCUT2D eigenvalue weighted by Gasteiger charge is 2.10. The van der Waals surface area contributed by atoms with Crippen molar-refractivity contribution >= 4 is 15.9 Å². The summed E-state index contributed by atoms with van der Waals surface area (Å²) in [7, 11) is 0. The minimum Gasteiger partial charge on any atom is -0.457 e. The van der Waals surface area contributed by atoms with Crippen molar-refractivity contribution in [3.05, 3.63) is 58.1 Å². The largest absolute Gasteiger partial charge is 0.457 e. The van der Waals surface area contributed by atoms with Crippen LogP contribution in [0.2, 0.25) is 0 Å².